The van der Waals surface area contributed by atoms with E-state index in [4.69, 9.17) is 10.3 Å². The third kappa shape index (κ3) is 3.85. The van der Waals surface area contributed by atoms with Crippen molar-refractivity contribution < 1.29 is 13.3 Å². The highest BCUT2D eigenvalue weighted by Crippen LogP contribution is 2.26. The number of hydrogen-bond acceptors (Lipinski definition) is 4. The van der Waals surface area contributed by atoms with Gasteiger partial charge < -0.3 is 10.3 Å². The van der Waals surface area contributed by atoms with Crippen molar-refractivity contribution in [1.82, 2.24) is 10.1 Å². The van der Waals surface area contributed by atoms with Crippen LogP contribution < -0.4 is 5.73 Å². The van der Waals surface area contributed by atoms with E-state index in [9.17, 15) is 8.78 Å². The normalized spacial score (nSPS) is 14.4. The quantitative estimate of drug-likeness (QED) is 0.921. The first-order chi connectivity index (χ1) is 9.86. The second kappa shape index (κ2) is 6.30. The molecule has 21 heavy (non-hydrogen) atoms. The van der Waals surface area contributed by atoms with Gasteiger partial charge in [0, 0.05) is 18.5 Å². The number of nitrogens with two attached hydrogens (primary N) is 1. The summed E-state index contributed by atoms with van der Waals surface area (Å²) in [5, 5.41) is 3.87. The van der Waals surface area contributed by atoms with Gasteiger partial charge in [0.15, 0.2) is 5.82 Å². The van der Waals surface area contributed by atoms with Crippen LogP contribution in [0.15, 0.2) is 22.7 Å². The highest BCUT2D eigenvalue weighted by molar-refractivity contribution is 5.21. The van der Waals surface area contributed by atoms with Crippen LogP contribution in [0.2, 0.25) is 0 Å². The van der Waals surface area contributed by atoms with Crippen LogP contribution in [-0.2, 0) is 6.42 Å². The standard InChI is InChI=1S/C15H19F2N3O/c1-8(2)14(9(3)18)15-19-13(20-21-15)6-10-4-11(16)7-12(17)5-10/h4-5,7-9,14H,6,18H2,1-3H3. The van der Waals surface area contributed by atoms with Crippen LogP contribution in [-0.4, -0.2) is 16.2 Å². The molecule has 0 bridgehead atoms. The average molecular weight is 295 g/mol. The molecule has 0 aliphatic heterocycles. The van der Waals surface area contributed by atoms with Gasteiger partial charge in [0.2, 0.25) is 5.89 Å². The second-order valence-corrected chi connectivity index (χ2v) is 5.63. The molecule has 0 radical (unpaired) electrons. The molecular weight excluding hydrogens is 276 g/mol. The highest BCUT2D eigenvalue weighted by Gasteiger charge is 2.26. The van der Waals surface area contributed by atoms with Crippen molar-refractivity contribution in [3.05, 3.63) is 47.1 Å². The summed E-state index contributed by atoms with van der Waals surface area (Å²) in [5.74, 6) is -0.178. The topological polar surface area (TPSA) is 64.9 Å². The van der Waals surface area contributed by atoms with Gasteiger partial charge >= 0.3 is 0 Å². The highest BCUT2D eigenvalue weighted by atomic mass is 19.1. The third-order valence-electron chi connectivity index (χ3n) is 3.34. The summed E-state index contributed by atoms with van der Waals surface area (Å²) in [6.07, 6.45) is 0.210. The molecule has 1 aromatic heterocycles. The minimum atomic E-state index is -0.621. The van der Waals surface area contributed by atoms with Crippen LogP contribution in [0.3, 0.4) is 0 Å². The van der Waals surface area contributed by atoms with E-state index in [1.165, 1.54) is 12.1 Å². The molecule has 1 heterocycles. The Labute approximate surface area is 122 Å². The van der Waals surface area contributed by atoms with Crippen LogP contribution in [0, 0.1) is 17.6 Å². The van der Waals surface area contributed by atoms with E-state index in [2.05, 4.69) is 10.1 Å². The molecule has 1 aromatic carbocycles. The lowest BCUT2D eigenvalue weighted by Crippen LogP contribution is -2.28. The molecule has 2 atom stereocenters. The Hall–Kier alpha value is -1.82. The van der Waals surface area contributed by atoms with Crippen molar-refractivity contribution in [1.29, 1.82) is 0 Å². The largest absolute Gasteiger partial charge is 0.339 e. The van der Waals surface area contributed by atoms with Gasteiger partial charge in [-0.25, -0.2) is 8.78 Å². The molecule has 0 aliphatic rings. The Bertz CT molecular complexity index is 582. The number of rotatable bonds is 5. The fourth-order valence-corrected chi connectivity index (χ4v) is 2.49. The molecule has 0 spiro atoms. The zero-order chi connectivity index (χ0) is 15.6. The summed E-state index contributed by atoms with van der Waals surface area (Å²) in [4.78, 5) is 4.31. The second-order valence-electron chi connectivity index (χ2n) is 5.63. The number of nitrogens with zero attached hydrogens (tertiary/aromatic N) is 2. The van der Waals surface area contributed by atoms with Crippen molar-refractivity contribution in [3.63, 3.8) is 0 Å². The monoisotopic (exact) mass is 295 g/mol. The van der Waals surface area contributed by atoms with Gasteiger partial charge in [-0.3, -0.25) is 0 Å². The van der Waals surface area contributed by atoms with E-state index < -0.39 is 11.6 Å². The Morgan fingerprint density at radius 1 is 1.14 bits per heavy atom. The molecule has 0 aliphatic carbocycles. The molecule has 2 rings (SSSR count). The van der Waals surface area contributed by atoms with E-state index in [0.717, 1.165) is 6.07 Å². The third-order valence-corrected chi connectivity index (χ3v) is 3.34. The van der Waals surface area contributed by atoms with Gasteiger partial charge in [0.1, 0.15) is 11.6 Å². The fourth-order valence-electron chi connectivity index (χ4n) is 2.49. The Kier molecular flexibility index (Phi) is 4.67. The lowest BCUT2D eigenvalue weighted by atomic mass is 9.90. The molecule has 2 unspecified atom stereocenters. The lowest BCUT2D eigenvalue weighted by Gasteiger charge is -2.20. The van der Waals surface area contributed by atoms with Crippen LogP contribution in [0.5, 0.6) is 0 Å². The zero-order valence-electron chi connectivity index (χ0n) is 12.3. The molecular formula is C15H19F2N3O. The molecule has 114 valence electrons. The van der Waals surface area contributed by atoms with Gasteiger partial charge in [0.05, 0.1) is 5.92 Å². The SMILES string of the molecule is CC(C)C(c1nc(Cc2cc(F)cc(F)c2)no1)C(C)N. The smallest absolute Gasteiger partial charge is 0.231 e. The number of aromatic nitrogens is 2. The summed E-state index contributed by atoms with van der Waals surface area (Å²) >= 11 is 0. The van der Waals surface area contributed by atoms with Crippen LogP contribution in [0.4, 0.5) is 8.78 Å². The van der Waals surface area contributed by atoms with Crippen LogP contribution >= 0.6 is 0 Å². The molecule has 0 amide bonds. The van der Waals surface area contributed by atoms with E-state index in [-0.39, 0.29) is 24.3 Å². The van der Waals surface area contributed by atoms with E-state index in [1.54, 1.807) is 0 Å². The predicted molar refractivity (Wildman–Crippen MR) is 74.7 cm³/mol. The summed E-state index contributed by atoms with van der Waals surface area (Å²) in [5.41, 5.74) is 6.40. The van der Waals surface area contributed by atoms with Gasteiger partial charge in [-0.15, -0.1) is 0 Å². The minimum absolute atomic E-state index is 0.0458. The maximum absolute atomic E-state index is 13.2. The number of halogens is 2. The summed E-state index contributed by atoms with van der Waals surface area (Å²) in [6, 6.07) is 3.22. The first-order valence-electron chi connectivity index (χ1n) is 6.90. The van der Waals surface area contributed by atoms with Crippen molar-refractivity contribution in [3.8, 4) is 0 Å². The minimum Gasteiger partial charge on any atom is -0.339 e. The Balaban J connectivity index is 2.19. The van der Waals surface area contributed by atoms with Crippen molar-refractivity contribution in [2.45, 2.75) is 39.2 Å². The molecule has 0 saturated heterocycles. The first-order valence-corrected chi connectivity index (χ1v) is 6.90. The molecule has 6 heteroatoms. The van der Waals surface area contributed by atoms with Crippen molar-refractivity contribution >= 4 is 0 Å². The zero-order valence-corrected chi connectivity index (χ0v) is 12.3. The summed E-state index contributed by atoms with van der Waals surface area (Å²) in [6.45, 7) is 5.94. The van der Waals surface area contributed by atoms with Gasteiger partial charge in [-0.05, 0) is 30.5 Å². The van der Waals surface area contributed by atoms with E-state index in [0.29, 0.717) is 17.3 Å². The molecule has 2 aromatic rings. The lowest BCUT2D eigenvalue weighted by molar-refractivity contribution is 0.298. The molecule has 0 saturated carbocycles. The first kappa shape index (κ1) is 15.6. The van der Waals surface area contributed by atoms with E-state index >= 15 is 0 Å². The fraction of sp³-hybridized carbons (Fsp3) is 0.467. The predicted octanol–water partition coefficient (Wildman–Crippen LogP) is 3.03. The number of benzene rings is 1. The Morgan fingerprint density at radius 3 is 2.29 bits per heavy atom. The molecule has 2 N–H and O–H groups in total. The van der Waals surface area contributed by atoms with Gasteiger partial charge in [-0.1, -0.05) is 19.0 Å². The number of hydrogen-bond donors (Lipinski definition) is 1. The van der Waals surface area contributed by atoms with E-state index in [1.807, 2.05) is 20.8 Å². The van der Waals surface area contributed by atoms with Crippen LogP contribution in [0.1, 0.15) is 44.0 Å². The maximum atomic E-state index is 13.2. The van der Waals surface area contributed by atoms with Crippen LogP contribution in [0.25, 0.3) is 0 Å². The molecule has 0 fully saturated rings. The van der Waals surface area contributed by atoms with Gasteiger partial charge in [-0.2, -0.15) is 4.98 Å². The molecule has 4 nitrogen and oxygen atoms in total. The maximum Gasteiger partial charge on any atom is 0.231 e. The van der Waals surface area contributed by atoms with Crippen molar-refractivity contribution in [2.75, 3.05) is 0 Å². The average Bonchev–Trinajstić information content (AvgIpc) is 2.74. The summed E-state index contributed by atoms with van der Waals surface area (Å²) in [7, 11) is 0. The van der Waals surface area contributed by atoms with Crippen molar-refractivity contribution in [2.24, 2.45) is 11.7 Å². The summed E-state index contributed by atoms with van der Waals surface area (Å²) < 4.78 is 31.6. The van der Waals surface area contributed by atoms with Gasteiger partial charge in [0.25, 0.3) is 0 Å². The Morgan fingerprint density at radius 2 is 1.76 bits per heavy atom.